The lowest BCUT2D eigenvalue weighted by molar-refractivity contribution is -0.122. The number of carbonyl (C=O) groups excluding carboxylic acids is 3. The number of phenols is 1. The maximum absolute atomic E-state index is 14.0. The number of thioether (sulfide) groups is 1. The quantitative estimate of drug-likeness (QED) is 0.279. The number of aromatic hydroxyl groups is 1. The van der Waals surface area contributed by atoms with Gasteiger partial charge in [-0.05, 0) is 66.2 Å². The molecule has 2 N–H and O–H groups in total. The molecule has 4 aromatic rings. The number of rotatable bonds is 6. The molecule has 1 aromatic heterocycles. The van der Waals surface area contributed by atoms with Gasteiger partial charge in [0.2, 0.25) is 17.7 Å². The Morgan fingerprint density at radius 2 is 1.76 bits per heavy atom. The van der Waals surface area contributed by atoms with Gasteiger partial charge in [0, 0.05) is 21.0 Å². The number of methoxy groups -OCH3 is 1. The van der Waals surface area contributed by atoms with E-state index in [9.17, 15) is 28.7 Å². The van der Waals surface area contributed by atoms with E-state index in [1.165, 1.54) is 46.9 Å². The number of phenolic OH excluding ortho intramolecular Hbond substituents is 1. The van der Waals surface area contributed by atoms with Crippen LogP contribution in [0.15, 0.2) is 81.0 Å². The van der Waals surface area contributed by atoms with Gasteiger partial charge in [-0.25, -0.2) is 9.29 Å². The Bertz CT molecular complexity index is 1790. The molecule has 3 heterocycles. The third kappa shape index (κ3) is 4.91. The van der Waals surface area contributed by atoms with Crippen LogP contribution < -0.4 is 19.8 Å². The first-order chi connectivity index (χ1) is 20.2. The van der Waals surface area contributed by atoms with Gasteiger partial charge >= 0.3 is 4.87 Å². The van der Waals surface area contributed by atoms with Crippen LogP contribution in [0.4, 0.5) is 15.8 Å². The number of anilines is 2. The van der Waals surface area contributed by atoms with E-state index in [2.05, 4.69) is 21.2 Å². The number of amides is 3. The van der Waals surface area contributed by atoms with E-state index in [0.717, 1.165) is 27.6 Å². The van der Waals surface area contributed by atoms with Crippen LogP contribution in [0.1, 0.15) is 16.4 Å². The van der Waals surface area contributed by atoms with Crippen LogP contribution in [0.2, 0.25) is 0 Å². The number of benzene rings is 3. The summed E-state index contributed by atoms with van der Waals surface area (Å²) in [6, 6.07) is 16.7. The van der Waals surface area contributed by atoms with Crippen molar-refractivity contribution < 1.29 is 28.6 Å². The van der Waals surface area contributed by atoms with Crippen molar-refractivity contribution in [2.24, 2.45) is 5.92 Å². The third-order valence-electron chi connectivity index (χ3n) is 7.13. The predicted octanol–water partition coefficient (Wildman–Crippen LogP) is 4.96. The summed E-state index contributed by atoms with van der Waals surface area (Å²) in [6.07, 6.45) is 0. The van der Waals surface area contributed by atoms with Crippen LogP contribution in [0.3, 0.4) is 0 Å². The summed E-state index contributed by atoms with van der Waals surface area (Å²) >= 11 is 5.37. The van der Waals surface area contributed by atoms with E-state index >= 15 is 0 Å². The first-order valence-electron chi connectivity index (χ1n) is 12.6. The maximum Gasteiger partial charge on any atom is 0.308 e. The van der Waals surface area contributed by atoms with E-state index in [0.29, 0.717) is 26.8 Å². The summed E-state index contributed by atoms with van der Waals surface area (Å²) in [5, 5.41) is 12.4. The lowest BCUT2D eigenvalue weighted by Gasteiger charge is -2.31. The van der Waals surface area contributed by atoms with Gasteiger partial charge in [0.05, 0.1) is 23.7 Å². The number of nitrogens with one attached hydrogen (secondary N) is 1. The Morgan fingerprint density at radius 1 is 1.05 bits per heavy atom. The van der Waals surface area contributed by atoms with Gasteiger partial charge in [-0.2, -0.15) is 0 Å². The van der Waals surface area contributed by atoms with E-state index < -0.39 is 45.5 Å². The van der Waals surface area contributed by atoms with Crippen LogP contribution in [0.5, 0.6) is 11.5 Å². The zero-order chi connectivity index (χ0) is 29.7. The number of hydrogen-bond acceptors (Lipinski definition) is 8. The molecular formula is C29H21BrFN3O6S2. The molecule has 2 aliphatic rings. The molecule has 214 valence electrons. The summed E-state index contributed by atoms with van der Waals surface area (Å²) < 4.78 is 20.7. The average molecular weight is 671 g/mol. The minimum Gasteiger partial charge on any atom is -0.504 e. The second-order valence-electron chi connectivity index (χ2n) is 9.64. The number of fused-ring (bicyclic) bond motifs is 2. The number of aromatic nitrogens is 1. The monoisotopic (exact) mass is 669 g/mol. The molecule has 3 aromatic carbocycles. The summed E-state index contributed by atoms with van der Waals surface area (Å²) in [5.74, 6) is -3.31. The molecule has 2 unspecified atom stereocenters. The molecule has 13 heteroatoms. The Balaban J connectivity index is 1.43. The van der Waals surface area contributed by atoms with Crippen LogP contribution >= 0.6 is 39.0 Å². The van der Waals surface area contributed by atoms with E-state index in [-0.39, 0.29) is 18.0 Å². The Labute approximate surface area is 255 Å². The van der Waals surface area contributed by atoms with Gasteiger partial charge in [0.25, 0.3) is 0 Å². The van der Waals surface area contributed by atoms with Crippen LogP contribution in [0.25, 0.3) is 0 Å². The maximum atomic E-state index is 14.0. The first kappa shape index (κ1) is 28.2. The van der Waals surface area contributed by atoms with Crippen LogP contribution in [-0.4, -0.2) is 39.8 Å². The predicted molar refractivity (Wildman–Crippen MR) is 160 cm³/mol. The van der Waals surface area contributed by atoms with Gasteiger partial charge in [0.15, 0.2) is 11.5 Å². The summed E-state index contributed by atoms with van der Waals surface area (Å²) in [5.41, 5.74) is 1.36. The number of nitrogens with zero attached hydrogens (tertiary/aromatic N) is 2. The van der Waals surface area contributed by atoms with Crippen molar-refractivity contribution >= 4 is 68.1 Å². The molecule has 0 radical (unpaired) electrons. The highest BCUT2D eigenvalue weighted by atomic mass is 79.9. The van der Waals surface area contributed by atoms with E-state index in [1.54, 1.807) is 36.4 Å². The minimum absolute atomic E-state index is 0.100. The van der Waals surface area contributed by atoms with Crippen molar-refractivity contribution in [1.82, 2.24) is 4.57 Å². The Kier molecular flexibility index (Phi) is 7.41. The first-order valence-corrected chi connectivity index (χ1v) is 15.1. The lowest BCUT2D eigenvalue weighted by atomic mass is 9.83. The summed E-state index contributed by atoms with van der Waals surface area (Å²) in [7, 11) is 1.40. The van der Waals surface area contributed by atoms with Crippen LogP contribution in [0, 0.1) is 11.7 Å². The van der Waals surface area contributed by atoms with Gasteiger partial charge in [-0.3, -0.25) is 23.7 Å². The smallest absolute Gasteiger partial charge is 0.308 e. The van der Waals surface area contributed by atoms with Crippen molar-refractivity contribution in [3.63, 3.8) is 0 Å². The molecule has 2 aliphatic heterocycles. The third-order valence-corrected chi connectivity index (χ3v) is 10.3. The summed E-state index contributed by atoms with van der Waals surface area (Å²) in [6.45, 7) is -0.351. The van der Waals surface area contributed by atoms with Gasteiger partial charge < -0.3 is 15.2 Å². The highest BCUT2D eigenvalue weighted by Gasteiger charge is 2.57. The standard InChI is InChI=1S/C29H21BrFN3O6S2/c1-40-20-12-14(2-11-19(20)35)22-23-24(27(38)34(26(23)37)18-9-3-15(30)4-10-18)41-28-25(22)42-29(39)33(28)13-21(36)32-17-7-5-16(31)6-8-17/h2-12,22-24,35H,13H2,1H3,(H,32,36)/t22-,23?,24?/m0/s1. The molecule has 0 aliphatic carbocycles. The molecule has 1 saturated heterocycles. The minimum atomic E-state index is -0.876. The van der Waals surface area contributed by atoms with Crippen molar-refractivity contribution in [2.75, 3.05) is 17.3 Å². The lowest BCUT2D eigenvalue weighted by Crippen LogP contribution is -2.33. The topological polar surface area (TPSA) is 118 Å². The number of thiazole rings is 1. The van der Waals surface area contributed by atoms with Crippen LogP contribution in [-0.2, 0) is 20.9 Å². The van der Waals surface area contributed by atoms with Gasteiger partial charge in [-0.1, -0.05) is 45.1 Å². The normalized spacial score (nSPS) is 19.4. The second kappa shape index (κ2) is 11.0. The fourth-order valence-electron chi connectivity index (χ4n) is 5.22. The van der Waals surface area contributed by atoms with Crippen molar-refractivity contribution in [2.45, 2.75) is 22.7 Å². The average Bonchev–Trinajstić information content (AvgIpc) is 3.41. The molecule has 3 atom stereocenters. The molecule has 42 heavy (non-hydrogen) atoms. The summed E-state index contributed by atoms with van der Waals surface area (Å²) in [4.78, 5) is 55.3. The number of carbonyl (C=O) groups is 3. The number of halogens is 2. The number of ether oxygens (including phenoxy) is 1. The van der Waals surface area contributed by atoms with Gasteiger partial charge in [-0.15, -0.1) is 0 Å². The zero-order valence-electron chi connectivity index (χ0n) is 21.7. The number of hydrogen-bond donors (Lipinski definition) is 2. The fourth-order valence-corrected chi connectivity index (χ4v) is 8.26. The largest absolute Gasteiger partial charge is 0.504 e. The molecule has 1 fully saturated rings. The highest BCUT2D eigenvalue weighted by molar-refractivity contribution is 9.10. The Hall–Kier alpha value is -3.94. The molecule has 9 nitrogen and oxygen atoms in total. The molecule has 6 rings (SSSR count). The molecule has 0 spiro atoms. The van der Waals surface area contributed by atoms with Gasteiger partial charge in [0.1, 0.15) is 17.6 Å². The van der Waals surface area contributed by atoms with E-state index in [4.69, 9.17) is 4.74 Å². The van der Waals surface area contributed by atoms with E-state index in [1.807, 2.05) is 0 Å². The fraction of sp³-hybridized carbons (Fsp3) is 0.172. The Morgan fingerprint density at radius 3 is 2.45 bits per heavy atom. The SMILES string of the molecule is COc1cc([C@@H]2c3sc(=O)n(CC(=O)Nc4ccc(F)cc4)c3SC3C(=O)N(c4ccc(Br)cc4)C(=O)C32)ccc1O. The second-order valence-corrected chi connectivity index (χ2v) is 12.7. The molecule has 0 saturated carbocycles. The van der Waals surface area contributed by atoms with Crippen molar-refractivity contribution in [3.05, 3.63) is 97.1 Å². The number of imide groups is 1. The molecule has 3 amide bonds. The molecular weight excluding hydrogens is 649 g/mol. The zero-order valence-corrected chi connectivity index (χ0v) is 25.0. The molecule has 0 bridgehead atoms. The highest BCUT2D eigenvalue weighted by Crippen LogP contribution is 2.54. The van der Waals surface area contributed by atoms with Crippen molar-refractivity contribution in [3.8, 4) is 11.5 Å². The van der Waals surface area contributed by atoms with Crippen molar-refractivity contribution in [1.29, 1.82) is 0 Å².